The minimum absolute atomic E-state index is 0.0491. The molecule has 2 aromatic heterocycles. The van der Waals surface area contributed by atoms with E-state index in [0.717, 1.165) is 10.6 Å². The Kier molecular flexibility index (Phi) is 6.16. The lowest BCUT2D eigenvalue weighted by atomic mass is 10.2. The van der Waals surface area contributed by atoms with Crippen LogP contribution in [0, 0.1) is 0 Å². The van der Waals surface area contributed by atoms with Crippen LogP contribution in [0.15, 0.2) is 46.3 Å². The van der Waals surface area contributed by atoms with Gasteiger partial charge in [0, 0.05) is 18.5 Å². The minimum Gasteiger partial charge on any atom is -0.339 e. The third kappa shape index (κ3) is 4.94. The molecular weight excluding hydrogens is 398 g/mol. The van der Waals surface area contributed by atoms with E-state index in [-0.39, 0.29) is 5.91 Å². The summed E-state index contributed by atoms with van der Waals surface area (Å²) in [5, 5.41) is 8.92. The second-order valence-electron chi connectivity index (χ2n) is 6.09. The Morgan fingerprint density at radius 2 is 2.11 bits per heavy atom. The van der Waals surface area contributed by atoms with Crippen molar-refractivity contribution in [3.63, 3.8) is 0 Å². The Morgan fingerprint density at radius 3 is 2.93 bits per heavy atom. The third-order valence-corrected chi connectivity index (χ3v) is 7.93. The fraction of sp³-hybridized carbons (Fsp3) is 0.316. The van der Waals surface area contributed by atoms with Crippen molar-refractivity contribution >= 4 is 46.5 Å². The highest BCUT2D eigenvalue weighted by molar-refractivity contribution is 8.16. The molecule has 0 saturated carbocycles. The number of hydrogen-bond donors (Lipinski definition) is 1. The molecule has 0 bridgehead atoms. The molecule has 1 amide bonds. The van der Waals surface area contributed by atoms with Gasteiger partial charge in [-0.2, -0.15) is 4.98 Å². The van der Waals surface area contributed by atoms with Gasteiger partial charge < -0.3 is 9.84 Å². The van der Waals surface area contributed by atoms with Gasteiger partial charge in [0.15, 0.2) is 0 Å². The summed E-state index contributed by atoms with van der Waals surface area (Å²) in [6, 6.07) is 12.0. The molecule has 1 aliphatic heterocycles. The average Bonchev–Trinajstić information content (AvgIpc) is 3.39. The van der Waals surface area contributed by atoms with Gasteiger partial charge in [0.25, 0.3) is 0 Å². The van der Waals surface area contributed by atoms with Crippen molar-refractivity contribution < 1.29 is 9.32 Å². The lowest BCUT2D eigenvalue weighted by Crippen LogP contribution is -2.12. The van der Waals surface area contributed by atoms with Gasteiger partial charge in [-0.25, -0.2) is 0 Å². The average molecular weight is 418 g/mol. The fourth-order valence-electron chi connectivity index (χ4n) is 2.75. The second-order valence-corrected chi connectivity index (χ2v) is 9.76. The maximum Gasteiger partial charge on any atom is 0.227 e. The number of nitrogens with one attached hydrogen (secondary N) is 1. The highest BCUT2D eigenvalue weighted by atomic mass is 32.2. The highest BCUT2D eigenvalue weighted by Crippen LogP contribution is 2.44. The molecule has 1 saturated heterocycles. The molecule has 8 heteroatoms. The van der Waals surface area contributed by atoms with Crippen molar-refractivity contribution in [1.29, 1.82) is 0 Å². The normalized spacial score (nSPS) is 15.0. The monoisotopic (exact) mass is 417 g/mol. The van der Waals surface area contributed by atoms with Crippen LogP contribution in [0.1, 0.15) is 28.9 Å². The Morgan fingerprint density at radius 1 is 1.22 bits per heavy atom. The van der Waals surface area contributed by atoms with Crippen molar-refractivity contribution in [3.8, 4) is 10.7 Å². The number of amides is 1. The van der Waals surface area contributed by atoms with Crippen molar-refractivity contribution in [2.45, 2.75) is 23.8 Å². The number of aryl methyl sites for hydroxylation is 1. The standard InChI is InChI=1S/C19H19N3O2S3/c23-16(7-8-17-21-18(22-24-17)15-6-2-9-25-15)20-14-5-1-4-13(12-14)19-26-10-3-11-27-19/h1-2,4-6,9,12,19H,3,7-8,10-11H2,(H,20,23). The molecule has 0 atom stereocenters. The van der Waals surface area contributed by atoms with Crippen LogP contribution in [0.2, 0.25) is 0 Å². The third-order valence-electron chi connectivity index (χ3n) is 4.05. The van der Waals surface area contributed by atoms with Crippen LogP contribution in [0.25, 0.3) is 10.7 Å². The maximum atomic E-state index is 12.3. The minimum atomic E-state index is -0.0491. The lowest BCUT2D eigenvalue weighted by Gasteiger charge is -2.21. The molecule has 3 heterocycles. The van der Waals surface area contributed by atoms with Crippen molar-refractivity contribution in [1.82, 2.24) is 10.1 Å². The largest absolute Gasteiger partial charge is 0.339 e. The van der Waals surface area contributed by atoms with Gasteiger partial charge >= 0.3 is 0 Å². The first-order chi connectivity index (χ1) is 13.3. The topological polar surface area (TPSA) is 68.0 Å². The molecule has 5 nitrogen and oxygen atoms in total. The Labute approximate surface area is 170 Å². The summed E-state index contributed by atoms with van der Waals surface area (Å²) in [5.74, 6) is 3.41. The molecule has 3 aromatic rings. The van der Waals surface area contributed by atoms with E-state index in [1.807, 2.05) is 53.2 Å². The zero-order valence-corrected chi connectivity index (χ0v) is 17.0. The molecule has 140 valence electrons. The highest BCUT2D eigenvalue weighted by Gasteiger charge is 2.17. The van der Waals surface area contributed by atoms with Crippen molar-refractivity contribution in [3.05, 3.63) is 53.2 Å². The molecule has 1 aliphatic rings. The quantitative estimate of drug-likeness (QED) is 0.592. The number of carbonyl (C=O) groups excluding carboxylic acids is 1. The van der Waals surface area contributed by atoms with E-state index >= 15 is 0 Å². The number of benzene rings is 1. The summed E-state index contributed by atoms with van der Waals surface area (Å²) in [6.45, 7) is 0. The van der Waals surface area contributed by atoms with E-state index in [1.165, 1.54) is 23.5 Å². The molecule has 0 unspecified atom stereocenters. The molecule has 1 fully saturated rings. The van der Waals surface area contributed by atoms with Crippen LogP contribution < -0.4 is 5.32 Å². The van der Waals surface area contributed by atoms with Crippen LogP contribution in [-0.2, 0) is 11.2 Å². The number of aromatic nitrogens is 2. The fourth-order valence-corrected chi connectivity index (χ4v) is 6.27. The summed E-state index contributed by atoms with van der Waals surface area (Å²) in [7, 11) is 0. The van der Waals surface area contributed by atoms with Crippen LogP contribution in [0.4, 0.5) is 5.69 Å². The summed E-state index contributed by atoms with van der Waals surface area (Å²) in [6.07, 6.45) is 2.01. The molecule has 1 N–H and O–H groups in total. The molecule has 0 radical (unpaired) electrons. The van der Waals surface area contributed by atoms with Crippen molar-refractivity contribution in [2.24, 2.45) is 0 Å². The van der Waals surface area contributed by atoms with Crippen LogP contribution in [0.5, 0.6) is 0 Å². The van der Waals surface area contributed by atoms with Gasteiger partial charge in [0.05, 0.1) is 9.46 Å². The molecular formula is C19H19N3O2S3. The summed E-state index contributed by atoms with van der Waals surface area (Å²) >= 11 is 5.51. The van der Waals surface area contributed by atoms with Gasteiger partial charge in [-0.15, -0.1) is 34.9 Å². The van der Waals surface area contributed by atoms with Crippen LogP contribution in [0.3, 0.4) is 0 Å². The van der Waals surface area contributed by atoms with E-state index in [2.05, 4.69) is 27.6 Å². The second kappa shape index (κ2) is 8.95. The summed E-state index contributed by atoms with van der Waals surface area (Å²) < 4.78 is 5.71. The van der Waals surface area contributed by atoms with Gasteiger partial charge in [-0.05, 0) is 47.1 Å². The first kappa shape index (κ1) is 18.6. The smallest absolute Gasteiger partial charge is 0.227 e. The van der Waals surface area contributed by atoms with E-state index in [4.69, 9.17) is 4.52 Å². The van der Waals surface area contributed by atoms with E-state index in [1.54, 1.807) is 11.3 Å². The molecule has 0 aliphatic carbocycles. The molecule has 0 spiro atoms. The molecule has 4 rings (SSSR count). The maximum absolute atomic E-state index is 12.3. The Bertz CT molecular complexity index is 889. The molecule has 27 heavy (non-hydrogen) atoms. The number of carbonyl (C=O) groups is 1. The lowest BCUT2D eigenvalue weighted by molar-refractivity contribution is -0.116. The number of thioether (sulfide) groups is 2. The number of hydrogen-bond acceptors (Lipinski definition) is 7. The van der Waals surface area contributed by atoms with Gasteiger partial charge in [-0.1, -0.05) is 23.4 Å². The van der Waals surface area contributed by atoms with Gasteiger partial charge in [0.1, 0.15) is 0 Å². The Balaban J connectivity index is 1.32. The number of nitrogens with zero attached hydrogens (tertiary/aromatic N) is 2. The zero-order chi connectivity index (χ0) is 18.5. The number of anilines is 1. The zero-order valence-electron chi connectivity index (χ0n) is 14.6. The van der Waals surface area contributed by atoms with E-state index in [0.29, 0.717) is 29.1 Å². The Hall–Kier alpha value is -1.77. The van der Waals surface area contributed by atoms with E-state index in [9.17, 15) is 4.79 Å². The SMILES string of the molecule is O=C(CCc1nc(-c2cccs2)no1)Nc1cccc(C2SCCCS2)c1. The predicted molar refractivity (Wildman–Crippen MR) is 113 cm³/mol. The summed E-state index contributed by atoms with van der Waals surface area (Å²) in [5.41, 5.74) is 2.11. The number of rotatable bonds is 6. The van der Waals surface area contributed by atoms with Crippen LogP contribution >= 0.6 is 34.9 Å². The van der Waals surface area contributed by atoms with Gasteiger partial charge in [-0.3, -0.25) is 4.79 Å². The number of thiophene rings is 1. The van der Waals surface area contributed by atoms with Crippen molar-refractivity contribution in [2.75, 3.05) is 16.8 Å². The van der Waals surface area contributed by atoms with Gasteiger partial charge in [0.2, 0.25) is 17.6 Å². The predicted octanol–water partition coefficient (Wildman–Crippen LogP) is 5.24. The summed E-state index contributed by atoms with van der Waals surface area (Å²) in [4.78, 5) is 17.6. The van der Waals surface area contributed by atoms with Crippen LogP contribution in [-0.4, -0.2) is 27.6 Å². The molecule has 1 aromatic carbocycles. The first-order valence-corrected chi connectivity index (χ1v) is 11.7. The van der Waals surface area contributed by atoms with E-state index < -0.39 is 0 Å². The first-order valence-electron chi connectivity index (χ1n) is 8.77.